The second kappa shape index (κ2) is 7.67. The van der Waals surface area contributed by atoms with Gasteiger partial charge in [-0.05, 0) is 43.7 Å². The number of hydrogen-bond donors (Lipinski definition) is 1. The van der Waals surface area contributed by atoms with E-state index in [1.807, 2.05) is 13.0 Å². The van der Waals surface area contributed by atoms with Gasteiger partial charge in [-0.1, -0.05) is 23.8 Å². The number of rotatable bonds is 3. The number of carbonyl (C=O) groups is 1. The van der Waals surface area contributed by atoms with Gasteiger partial charge in [0.1, 0.15) is 16.7 Å². The fourth-order valence-electron chi connectivity index (χ4n) is 4.22. The molecule has 0 spiro atoms. The highest BCUT2D eigenvalue weighted by Crippen LogP contribution is 2.45. The van der Waals surface area contributed by atoms with Crippen molar-refractivity contribution in [3.63, 3.8) is 0 Å². The van der Waals surface area contributed by atoms with Crippen LogP contribution < -0.4 is 21.7 Å². The molecule has 5 rings (SSSR count). The molecule has 1 unspecified atom stereocenters. The smallest absolute Gasteiger partial charge is 0.344 e. The zero-order chi connectivity index (χ0) is 23.3. The predicted molar refractivity (Wildman–Crippen MR) is 120 cm³/mol. The van der Waals surface area contributed by atoms with Gasteiger partial charge in [0.15, 0.2) is 5.75 Å². The van der Waals surface area contributed by atoms with Crippen molar-refractivity contribution in [2.45, 2.75) is 19.8 Å². The van der Waals surface area contributed by atoms with E-state index in [2.05, 4.69) is 0 Å². The maximum absolute atomic E-state index is 13.2. The molecule has 1 aliphatic heterocycles. The molecule has 1 atom stereocenters. The van der Waals surface area contributed by atoms with E-state index in [4.69, 9.17) is 24.0 Å². The molecule has 0 amide bonds. The molecule has 3 heterocycles. The molecule has 2 aromatic carbocycles. The first kappa shape index (κ1) is 20.6. The SMILES string of the molecule is CCOC(=O)C1=C(N)Oc2c(c(=O)oc3ccccc23)C1c1cc(=O)oc2ccc(C)cc12. The van der Waals surface area contributed by atoms with Crippen LogP contribution in [0.3, 0.4) is 0 Å². The molecule has 0 radical (unpaired) electrons. The van der Waals surface area contributed by atoms with Crippen molar-refractivity contribution in [2.24, 2.45) is 5.73 Å². The van der Waals surface area contributed by atoms with Gasteiger partial charge in [0.25, 0.3) is 0 Å². The number of ether oxygens (including phenoxy) is 2. The normalized spacial score (nSPS) is 15.4. The molecule has 8 heteroatoms. The minimum atomic E-state index is -1.07. The molecule has 2 aromatic heterocycles. The molecule has 166 valence electrons. The van der Waals surface area contributed by atoms with E-state index in [-0.39, 0.29) is 29.4 Å². The van der Waals surface area contributed by atoms with E-state index in [0.717, 1.165) is 5.56 Å². The van der Waals surface area contributed by atoms with Crippen LogP contribution in [0.1, 0.15) is 29.5 Å². The summed E-state index contributed by atoms with van der Waals surface area (Å²) >= 11 is 0. The molecule has 33 heavy (non-hydrogen) atoms. The zero-order valence-electron chi connectivity index (χ0n) is 17.8. The van der Waals surface area contributed by atoms with Gasteiger partial charge in [0.05, 0.1) is 23.5 Å². The Morgan fingerprint density at radius 1 is 1.03 bits per heavy atom. The second-order valence-corrected chi connectivity index (χ2v) is 7.68. The Morgan fingerprint density at radius 3 is 2.58 bits per heavy atom. The van der Waals surface area contributed by atoms with Crippen LogP contribution in [0, 0.1) is 6.92 Å². The van der Waals surface area contributed by atoms with Gasteiger partial charge in [-0.25, -0.2) is 14.4 Å². The van der Waals surface area contributed by atoms with Crippen molar-refractivity contribution >= 4 is 27.9 Å². The van der Waals surface area contributed by atoms with Crippen LogP contribution in [-0.2, 0) is 9.53 Å². The lowest BCUT2D eigenvalue weighted by Crippen LogP contribution is -2.31. The number of esters is 1. The Hall–Kier alpha value is -4.33. The van der Waals surface area contributed by atoms with E-state index in [1.54, 1.807) is 43.3 Å². The second-order valence-electron chi connectivity index (χ2n) is 7.68. The lowest BCUT2D eigenvalue weighted by Gasteiger charge is -2.28. The van der Waals surface area contributed by atoms with Crippen LogP contribution in [0.4, 0.5) is 0 Å². The first-order valence-electron chi connectivity index (χ1n) is 10.3. The quantitative estimate of drug-likeness (QED) is 0.376. The predicted octanol–water partition coefficient (Wildman–Crippen LogP) is 3.47. The molecule has 2 N–H and O–H groups in total. The van der Waals surface area contributed by atoms with Gasteiger partial charge < -0.3 is 24.0 Å². The van der Waals surface area contributed by atoms with E-state index >= 15 is 0 Å². The maximum Gasteiger partial charge on any atom is 0.344 e. The first-order valence-corrected chi connectivity index (χ1v) is 10.3. The van der Waals surface area contributed by atoms with Crippen molar-refractivity contribution in [1.82, 2.24) is 0 Å². The number of benzene rings is 2. The summed E-state index contributed by atoms with van der Waals surface area (Å²) in [5.74, 6) is -1.86. The van der Waals surface area contributed by atoms with Crippen molar-refractivity contribution in [1.29, 1.82) is 0 Å². The molecule has 8 nitrogen and oxygen atoms in total. The molecular formula is C25H19NO7. The zero-order valence-corrected chi connectivity index (χ0v) is 17.8. The van der Waals surface area contributed by atoms with Crippen molar-refractivity contribution in [2.75, 3.05) is 6.61 Å². The molecule has 0 aliphatic carbocycles. The van der Waals surface area contributed by atoms with E-state index in [9.17, 15) is 14.4 Å². The van der Waals surface area contributed by atoms with Gasteiger partial charge in [-0.15, -0.1) is 0 Å². The molecule has 0 saturated carbocycles. The Balaban J connectivity index is 1.92. The third-order valence-electron chi connectivity index (χ3n) is 5.59. The number of aryl methyl sites for hydroxylation is 1. The number of hydrogen-bond acceptors (Lipinski definition) is 8. The first-order chi connectivity index (χ1) is 15.9. The Labute approximate surface area is 186 Å². The van der Waals surface area contributed by atoms with Gasteiger partial charge >= 0.3 is 17.2 Å². The van der Waals surface area contributed by atoms with Crippen LogP contribution in [0.2, 0.25) is 0 Å². The van der Waals surface area contributed by atoms with E-state index < -0.39 is 23.1 Å². The third kappa shape index (κ3) is 3.27. The van der Waals surface area contributed by atoms with Gasteiger partial charge in [0.2, 0.25) is 5.88 Å². The molecular weight excluding hydrogens is 426 g/mol. The monoisotopic (exact) mass is 445 g/mol. The van der Waals surface area contributed by atoms with Crippen molar-refractivity contribution in [3.05, 3.63) is 97.5 Å². The Kier molecular flexibility index (Phi) is 4.78. The minimum absolute atomic E-state index is 0.0550. The number of carbonyl (C=O) groups excluding carboxylic acids is 1. The molecule has 0 fully saturated rings. The number of para-hydroxylation sites is 1. The van der Waals surface area contributed by atoms with E-state index in [1.165, 1.54) is 6.07 Å². The largest absolute Gasteiger partial charge is 0.462 e. The molecule has 1 aliphatic rings. The summed E-state index contributed by atoms with van der Waals surface area (Å²) in [7, 11) is 0. The molecule has 0 saturated heterocycles. The lowest BCUT2D eigenvalue weighted by molar-refractivity contribution is -0.139. The fourth-order valence-corrected chi connectivity index (χ4v) is 4.22. The van der Waals surface area contributed by atoms with Gasteiger partial charge in [0, 0.05) is 11.5 Å². The van der Waals surface area contributed by atoms with Crippen LogP contribution in [-0.4, -0.2) is 12.6 Å². The topological polar surface area (TPSA) is 122 Å². The number of nitrogens with two attached hydrogens (primary N) is 1. The average Bonchev–Trinajstić information content (AvgIpc) is 2.78. The lowest BCUT2D eigenvalue weighted by atomic mass is 9.82. The summed E-state index contributed by atoms with van der Waals surface area (Å²) in [6, 6.07) is 13.4. The average molecular weight is 445 g/mol. The van der Waals surface area contributed by atoms with Crippen LogP contribution in [0.5, 0.6) is 5.75 Å². The summed E-state index contributed by atoms with van der Waals surface area (Å²) in [5.41, 5.74) is 6.72. The summed E-state index contributed by atoms with van der Waals surface area (Å²) in [6.07, 6.45) is 0. The highest BCUT2D eigenvalue weighted by molar-refractivity contribution is 5.96. The molecule has 4 aromatic rings. The van der Waals surface area contributed by atoms with Crippen LogP contribution in [0.15, 0.2) is 78.4 Å². The Morgan fingerprint density at radius 2 is 1.79 bits per heavy atom. The van der Waals surface area contributed by atoms with Crippen LogP contribution >= 0.6 is 0 Å². The minimum Gasteiger partial charge on any atom is -0.462 e. The van der Waals surface area contributed by atoms with E-state index in [0.29, 0.717) is 27.5 Å². The van der Waals surface area contributed by atoms with Crippen LogP contribution in [0.25, 0.3) is 21.9 Å². The molecule has 0 bridgehead atoms. The van der Waals surface area contributed by atoms with Crippen molar-refractivity contribution < 1.29 is 23.1 Å². The van der Waals surface area contributed by atoms with Crippen molar-refractivity contribution in [3.8, 4) is 5.75 Å². The standard InChI is InChI=1S/C25H19NO7/c1-3-30-24(28)21-19(15-11-18(27)31-17-9-8-12(2)10-14(15)17)20-22(33-23(21)26)13-6-4-5-7-16(13)32-25(20)29/h4-11,19H,3,26H2,1-2H3. The highest BCUT2D eigenvalue weighted by Gasteiger charge is 2.40. The summed E-state index contributed by atoms with van der Waals surface area (Å²) < 4.78 is 21.9. The third-order valence-corrected chi connectivity index (χ3v) is 5.59. The highest BCUT2D eigenvalue weighted by atomic mass is 16.5. The van der Waals surface area contributed by atoms with Gasteiger partial charge in [-0.3, -0.25) is 0 Å². The Bertz CT molecular complexity index is 1590. The summed E-state index contributed by atoms with van der Waals surface area (Å²) in [4.78, 5) is 38.7. The number of fused-ring (bicyclic) bond motifs is 4. The summed E-state index contributed by atoms with van der Waals surface area (Å²) in [6.45, 7) is 3.61. The summed E-state index contributed by atoms with van der Waals surface area (Å²) in [5, 5.41) is 1.06. The fraction of sp³-hybridized carbons (Fsp3) is 0.160. The van der Waals surface area contributed by atoms with Gasteiger partial charge in [-0.2, -0.15) is 0 Å². The maximum atomic E-state index is 13.2.